The number of hydrogen-bond donors (Lipinski definition) is 1. The third kappa shape index (κ3) is 5.33. The minimum Gasteiger partial charge on any atom is -0.423 e. The Bertz CT molecular complexity index is 849. The van der Waals surface area contributed by atoms with Crippen LogP contribution in [-0.2, 0) is 4.79 Å². The number of benzene rings is 2. The van der Waals surface area contributed by atoms with E-state index >= 15 is 0 Å². The molecule has 2 aromatic carbocycles. The minimum atomic E-state index is -0.620. The average Bonchev–Trinajstić information content (AvgIpc) is 2.74. The van der Waals surface area contributed by atoms with Gasteiger partial charge in [-0.2, -0.15) is 0 Å². The Labute approximate surface area is 172 Å². The fourth-order valence-electron chi connectivity index (χ4n) is 4.14. The molecule has 1 aliphatic rings. The highest BCUT2D eigenvalue weighted by Crippen LogP contribution is 2.38. The standard InChI is InChI=1S/C25H29FO3/c1-17-15-23(29-25(28)18(2)16-27)11-12-24(17)22-9-7-21(8-10-22)20-5-3-19(4-6-20)13-14-26/h7-12,15,19-20,27H,2-6,13-14,16H2,1H3. The van der Waals surface area contributed by atoms with Crippen LogP contribution < -0.4 is 4.74 Å². The Balaban J connectivity index is 1.67. The van der Waals surface area contributed by atoms with Crippen LogP contribution in [0.25, 0.3) is 11.1 Å². The molecule has 1 aliphatic carbocycles. The number of halogens is 1. The highest BCUT2D eigenvalue weighted by atomic mass is 19.1. The normalized spacial score (nSPS) is 19.0. The molecule has 0 unspecified atom stereocenters. The van der Waals surface area contributed by atoms with Crippen molar-refractivity contribution in [2.24, 2.45) is 5.92 Å². The lowest BCUT2D eigenvalue weighted by Crippen LogP contribution is -2.13. The van der Waals surface area contributed by atoms with Gasteiger partial charge in [0.05, 0.1) is 18.9 Å². The van der Waals surface area contributed by atoms with Crippen LogP contribution in [0.5, 0.6) is 5.75 Å². The maximum absolute atomic E-state index is 12.5. The number of esters is 1. The van der Waals surface area contributed by atoms with Crippen molar-refractivity contribution in [1.82, 2.24) is 0 Å². The topological polar surface area (TPSA) is 46.5 Å². The van der Waals surface area contributed by atoms with Gasteiger partial charge in [-0.25, -0.2) is 4.79 Å². The molecule has 0 saturated heterocycles. The summed E-state index contributed by atoms with van der Waals surface area (Å²) in [5.74, 6) is 0.945. The van der Waals surface area contributed by atoms with Crippen molar-refractivity contribution in [3.63, 3.8) is 0 Å². The summed E-state index contributed by atoms with van der Waals surface area (Å²) in [6, 6.07) is 14.2. The van der Waals surface area contributed by atoms with Gasteiger partial charge in [-0.05, 0) is 85.3 Å². The highest BCUT2D eigenvalue weighted by Gasteiger charge is 2.22. The smallest absolute Gasteiger partial charge is 0.341 e. The van der Waals surface area contributed by atoms with Crippen LogP contribution in [0.2, 0.25) is 0 Å². The second-order valence-corrected chi connectivity index (χ2v) is 7.95. The number of aliphatic hydroxyl groups is 1. The molecule has 0 amide bonds. The van der Waals surface area contributed by atoms with E-state index in [0.29, 0.717) is 24.0 Å². The number of aryl methyl sites for hydroxylation is 1. The van der Waals surface area contributed by atoms with E-state index in [9.17, 15) is 9.18 Å². The Morgan fingerprint density at radius 3 is 2.41 bits per heavy atom. The van der Waals surface area contributed by atoms with Gasteiger partial charge in [-0.1, -0.05) is 36.9 Å². The summed E-state index contributed by atoms with van der Waals surface area (Å²) in [7, 11) is 0. The first kappa shape index (κ1) is 21.3. The molecule has 2 aromatic rings. The molecule has 0 spiro atoms. The molecule has 0 aliphatic heterocycles. The monoisotopic (exact) mass is 396 g/mol. The second-order valence-electron chi connectivity index (χ2n) is 7.95. The zero-order chi connectivity index (χ0) is 20.8. The number of alkyl halides is 1. The molecule has 0 atom stereocenters. The summed E-state index contributed by atoms with van der Waals surface area (Å²) in [6.45, 7) is 4.84. The Morgan fingerprint density at radius 1 is 1.14 bits per heavy atom. The number of aliphatic hydroxyl groups excluding tert-OH is 1. The lowest BCUT2D eigenvalue weighted by Gasteiger charge is -2.28. The van der Waals surface area contributed by atoms with Crippen LogP contribution in [0, 0.1) is 12.8 Å². The van der Waals surface area contributed by atoms with Gasteiger partial charge >= 0.3 is 5.97 Å². The van der Waals surface area contributed by atoms with Crippen molar-refractivity contribution in [3.8, 4) is 16.9 Å². The summed E-state index contributed by atoms with van der Waals surface area (Å²) in [4.78, 5) is 11.8. The molecule has 1 N–H and O–H groups in total. The molecule has 29 heavy (non-hydrogen) atoms. The first-order valence-electron chi connectivity index (χ1n) is 10.3. The third-order valence-electron chi connectivity index (χ3n) is 5.95. The van der Waals surface area contributed by atoms with E-state index in [1.54, 1.807) is 6.07 Å². The van der Waals surface area contributed by atoms with Gasteiger partial charge in [0.2, 0.25) is 0 Å². The van der Waals surface area contributed by atoms with Gasteiger partial charge in [0.25, 0.3) is 0 Å². The highest BCUT2D eigenvalue weighted by molar-refractivity contribution is 5.89. The quantitative estimate of drug-likeness (QED) is 0.368. The first-order valence-corrected chi connectivity index (χ1v) is 10.3. The van der Waals surface area contributed by atoms with E-state index < -0.39 is 12.6 Å². The maximum Gasteiger partial charge on any atom is 0.341 e. The summed E-state index contributed by atoms with van der Waals surface area (Å²) in [5, 5.41) is 8.97. The van der Waals surface area contributed by atoms with E-state index in [2.05, 4.69) is 30.8 Å². The van der Waals surface area contributed by atoms with E-state index in [-0.39, 0.29) is 12.2 Å². The minimum absolute atomic E-state index is 0.0287. The van der Waals surface area contributed by atoms with Crippen molar-refractivity contribution in [1.29, 1.82) is 0 Å². The van der Waals surface area contributed by atoms with Gasteiger partial charge in [0.1, 0.15) is 5.75 Å². The van der Waals surface area contributed by atoms with Gasteiger partial charge in [0, 0.05) is 0 Å². The molecule has 0 heterocycles. The number of rotatable bonds is 7. The average molecular weight is 397 g/mol. The Hall–Kier alpha value is -2.46. The fraction of sp³-hybridized carbons (Fsp3) is 0.400. The van der Waals surface area contributed by atoms with Crippen LogP contribution in [0.4, 0.5) is 4.39 Å². The lowest BCUT2D eigenvalue weighted by atomic mass is 9.77. The molecule has 0 aromatic heterocycles. The molecular formula is C25H29FO3. The molecule has 4 heteroatoms. The third-order valence-corrected chi connectivity index (χ3v) is 5.95. The van der Waals surface area contributed by atoms with Gasteiger partial charge in [0.15, 0.2) is 0 Å². The van der Waals surface area contributed by atoms with Crippen molar-refractivity contribution in [2.75, 3.05) is 13.3 Å². The number of hydrogen-bond acceptors (Lipinski definition) is 3. The van der Waals surface area contributed by atoms with Crippen molar-refractivity contribution < 1.29 is 19.0 Å². The number of carbonyl (C=O) groups is 1. The molecule has 1 saturated carbocycles. The SMILES string of the molecule is C=C(CO)C(=O)Oc1ccc(-c2ccc(C3CCC(CCF)CC3)cc2)c(C)c1. The Morgan fingerprint density at radius 2 is 1.83 bits per heavy atom. The molecular weight excluding hydrogens is 367 g/mol. The zero-order valence-corrected chi connectivity index (χ0v) is 17.0. The van der Waals surface area contributed by atoms with Crippen LogP contribution >= 0.6 is 0 Å². The summed E-state index contributed by atoms with van der Waals surface area (Å²) >= 11 is 0. The molecule has 154 valence electrons. The predicted molar refractivity (Wildman–Crippen MR) is 114 cm³/mol. The number of ether oxygens (including phenoxy) is 1. The van der Waals surface area contributed by atoms with Crippen LogP contribution in [0.15, 0.2) is 54.6 Å². The second kappa shape index (κ2) is 9.84. The van der Waals surface area contributed by atoms with Gasteiger partial charge in [-0.15, -0.1) is 0 Å². The van der Waals surface area contributed by atoms with Gasteiger partial charge in [-0.3, -0.25) is 4.39 Å². The van der Waals surface area contributed by atoms with E-state index in [1.165, 1.54) is 5.56 Å². The van der Waals surface area contributed by atoms with Crippen molar-refractivity contribution in [2.45, 2.75) is 44.9 Å². The summed E-state index contributed by atoms with van der Waals surface area (Å²) in [6.07, 6.45) is 5.24. The predicted octanol–water partition coefficient (Wildman–Crippen LogP) is 5.75. The number of carbonyl (C=O) groups excluding carboxylic acids is 1. The van der Waals surface area contributed by atoms with Crippen molar-refractivity contribution in [3.05, 3.63) is 65.7 Å². The maximum atomic E-state index is 12.5. The molecule has 3 rings (SSSR count). The van der Waals surface area contributed by atoms with Gasteiger partial charge < -0.3 is 9.84 Å². The summed E-state index contributed by atoms with van der Waals surface area (Å²) in [5.41, 5.74) is 4.60. The van der Waals surface area contributed by atoms with Crippen LogP contribution in [0.3, 0.4) is 0 Å². The van der Waals surface area contributed by atoms with Crippen LogP contribution in [0.1, 0.15) is 49.1 Å². The molecule has 0 bridgehead atoms. The van der Waals surface area contributed by atoms with E-state index in [4.69, 9.17) is 9.84 Å². The first-order chi connectivity index (χ1) is 14.0. The van der Waals surface area contributed by atoms with E-state index in [1.807, 2.05) is 19.1 Å². The molecule has 0 radical (unpaired) electrons. The molecule has 3 nitrogen and oxygen atoms in total. The molecule has 1 fully saturated rings. The summed E-state index contributed by atoms with van der Waals surface area (Å²) < 4.78 is 17.8. The van der Waals surface area contributed by atoms with E-state index in [0.717, 1.165) is 42.4 Å². The lowest BCUT2D eigenvalue weighted by molar-refractivity contribution is -0.130. The fourth-order valence-corrected chi connectivity index (χ4v) is 4.14. The zero-order valence-electron chi connectivity index (χ0n) is 17.0. The largest absolute Gasteiger partial charge is 0.423 e. The van der Waals surface area contributed by atoms with Crippen molar-refractivity contribution >= 4 is 5.97 Å². The Kier molecular flexibility index (Phi) is 7.21. The van der Waals surface area contributed by atoms with Crippen LogP contribution in [-0.4, -0.2) is 24.4 Å².